The molecule has 132 valence electrons. The number of ether oxygens (including phenoxy) is 1. The molecule has 2 fully saturated rings. The molecule has 0 bridgehead atoms. The molecular formula is C16H26O7. The van der Waals surface area contributed by atoms with E-state index in [4.69, 9.17) is 0 Å². The Morgan fingerprint density at radius 3 is 2.48 bits per heavy atom. The number of carbonyl (C=O) groups excluding carboxylic acids is 1. The van der Waals surface area contributed by atoms with Crippen LogP contribution in [0.15, 0.2) is 12.2 Å². The van der Waals surface area contributed by atoms with Crippen molar-refractivity contribution in [3.8, 4) is 0 Å². The normalized spacial score (nSPS) is 46.8. The number of carbonyl (C=O) groups is 1. The number of esters is 1. The smallest absolute Gasteiger partial charge is 0.333 e. The molecule has 0 radical (unpaired) electrons. The monoisotopic (exact) mass is 330 g/mol. The van der Waals surface area contributed by atoms with Crippen molar-refractivity contribution in [1.29, 1.82) is 0 Å². The summed E-state index contributed by atoms with van der Waals surface area (Å²) in [6, 6.07) is 0. The molecule has 7 nitrogen and oxygen atoms in total. The van der Waals surface area contributed by atoms with E-state index in [1.165, 1.54) is 7.11 Å². The first-order valence-electron chi connectivity index (χ1n) is 7.77. The van der Waals surface area contributed by atoms with Crippen LogP contribution in [0, 0.1) is 17.3 Å². The maximum Gasteiger partial charge on any atom is 0.333 e. The number of fused-ring (bicyclic) bond motifs is 1. The highest BCUT2D eigenvalue weighted by Crippen LogP contribution is 2.56. The Hall–Kier alpha value is -0.990. The molecule has 5 N–H and O–H groups in total. The van der Waals surface area contributed by atoms with Crippen LogP contribution in [-0.4, -0.2) is 69.1 Å². The molecule has 0 unspecified atom stereocenters. The molecule has 2 saturated carbocycles. The first-order valence-corrected chi connectivity index (χ1v) is 7.77. The molecule has 0 aromatic heterocycles. The second-order valence-electron chi connectivity index (χ2n) is 7.10. The molecule has 0 heterocycles. The number of aliphatic hydroxyl groups is 5. The summed E-state index contributed by atoms with van der Waals surface area (Å²) in [5.74, 6) is -2.68. The maximum atomic E-state index is 11.7. The Morgan fingerprint density at radius 1 is 1.35 bits per heavy atom. The van der Waals surface area contributed by atoms with Gasteiger partial charge in [0.2, 0.25) is 0 Å². The average molecular weight is 330 g/mol. The van der Waals surface area contributed by atoms with Gasteiger partial charge in [-0.3, -0.25) is 0 Å². The second-order valence-corrected chi connectivity index (χ2v) is 7.10. The molecule has 0 aromatic carbocycles. The highest BCUT2D eigenvalue weighted by molar-refractivity contribution is 5.88. The van der Waals surface area contributed by atoms with Crippen LogP contribution in [0.2, 0.25) is 0 Å². The number of methoxy groups -OCH3 is 1. The van der Waals surface area contributed by atoms with Crippen LogP contribution >= 0.6 is 0 Å². The predicted molar refractivity (Wildman–Crippen MR) is 80.2 cm³/mol. The van der Waals surface area contributed by atoms with E-state index in [2.05, 4.69) is 11.3 Å². The molecule has 2 aliphatic carbocycles. The topological polar surface area (TPSA) is 127 Å². The molecule has 2 aliphatic rings. The van der Waals surface area contributed by atoms with Gasteiger partial charge in [-0.2, -0.15) is 0 Å². The molecule has 7 heteroatoms. The Bertz CT molecular complexity index is 493. The highest BCUT2D eigenvalue weighted by Gasteiger charge is 2.63. The fourth-order valence-corrected chi connectivity index (χ4v) is 4.56. The first-order chi connectivity index (χ1) is 10.6. The van der Waals surface area contributed by atoms with Gasteiger partial charge in [-0.1, -0.05) is 13.5 Å². The molecule has 7 atom stereocenters. The van der Waals surface area contributed by atoms with Crippen molar-refractivity contribution in [2.45, 2.75) is 50.1 Å². The van der Waals surface area contributed by atoms with Gasteiger partial charge in [-0.25, -0.2) is 4.79 Å². The SMILES string of the molecule is C=C(C(=O)OC)[C@@H]1[C@@H](O)[C@H]2[C@](O)(CO)CC[C@H](O)[C@]2(C)C[C@@H]1O. The molecule has 2 rings (SSSR count). The molecular weight excluding hydrogens is 304 g/mol. The van der Waals surface area contributed by atoms with Crippen molar-refractivity contribution in [3.05, 3.63) is 12.2 Å². The minimum Gasteiger partial charge on any atom is -0.466 e. The van der Waals surface area contributed by atoms with Crippen LogP contribution < -0.4 is 0 Å². The fraction of sp³-hybridized carbons (Fsp3) is 0.812. The molecule has 0 aliphatic heterocycles. The van der Waals surface area contributed by atoms with Gasteiger partial charge in [0.25, 0.3) is 0 Å². The van der Waals surface area contributed by atoms with Crippen molar-refractivity contribution >= 4 is 5.97 Å². The lowest BCUT2D eigenvalue weighted by atomic mass is 9.50. The zero-order chi connectivity index (χ0) is 17.6. The highest BCUT2D eigenvalue weighted by atomic mass is 16.5. The Balaban J connectivity index is 2.44. The minimum absolute atomic E-state index is 0.0683. The molecule has 23 heavy (non-hydrogen) atoms. The number of aliphatic hydroxyl groups excluding tert-OH is 4. The van der Waals surface area contributed by atoms with E-state index in [-0.39, 0.29) is 24.8 Å². The molecule has 0 saturated heterocycles. The molecule has 0 spiro atoms. The third-order valence-electron chi connectivity index (χ3n) is 5.80. The van der Waals surface area contributed by atoms with Gasteiger partial charge in [-0.05, 0) is 19.3 Å². The van der Waals surface area contributed by atoms with Gasteiger partial charge in [0.05, 0.1) is 37.6 Å². The van der Waals surface area contributed by atoms with Crippen molar-refractivity contribution in [3.63, 3.8) is 0 Å². The Kier molecular flexibility index (Phi) is 4.90. The Labute approximate surface area is 135 Å². The summed E-state index contributed by atoms with van der Waals surface area (Å²) in [6.45, 7) is 4.70. The third-order valence-corrected chi connectivity index (χ3v) is 5.80. The zero-order valence-corrected chi connectivity index (χ0v) is 13.5. The van der Waals surface area contributed by atoms with Crippen molar-refractivity contribution < 1.29 is 35.1 Å². The lowest BCUT2D eigenvalue weighted by molar-refractivity contribution is -0.246. The summed E-state index contributed by atoms with van der Waals surface area (Å²) in [6.07, 6.45) is -2.85. The van der Waals surface area contributed by atoms with E-state index in [9.17, 15) is 30.3 Å². The van der Waals surface area contributed by atoms with E-state index in [0.29, 0.717) is 0 Å². The van der Waals surface area contributed by atoms with Gasteiger partial charge in [0.1, 0.15) is 0 Å². The summed E-state index contributed by atoms with van der Waals surface area (Å²) < 4.78 is 4.60. The number of rotatable bonds is 3. The van der Waals surface area contributed by atoms with E-state index >= 15 is 0 Å². The van der Waals surface area contributed by atoms with Gasteiger partial charge >= 0.3 is 5.97 Å². The van der Waals surface area contributed by atoms with E-state index in [1.807, 2.05) is 0 Å². The molecule has 0 amide bonds. The minimum atomic E-state index is -1.60. The second kappa shape index (κ2) is 6.14. The van der Waals surface area contributed by atoms with Crippen LogP contribution in [0.1, 0.15) is 26.2 Å². The largest absolute Gasteiger partial charge is 0.466 e. The standard InChI is InChI=1S/C16H26O7/c1-8(14(21)23-3)11-9(18)6-15(2)10(19)4-5-16(22,7-17)13(15)12(11)20/h9-13,17-20,22H,1,4-7H2,2-3H3/t9-,10-,11-,12+,13+,15-,16+/m0/s1. The quantitative estimate of drug-likeness (QED) is 0.330. The predicted octanol–water partition coefficient (Wildman–Crippen LogP) is -1.04. The summed E-state index contributed by atoms with van der Waals surface area (Å²) in [5, 5.41) is 52.0. The first kappa shape index (κ1) is 18.4. The summed E-state index contributed by atoms with van der Waals surface area (Å²) in [7, 11) is 1.17. The van der Waals surface area contributed by atoms with Crippen molar-refractivity contribution in [1.82, 2.24) is 0 Å². The van der Waals surface area contributed by atoms with Crippen LogP contribution in [-0.2, 0) is 9.53 Å². The van der Waals surface area contributed by atoms with E-state index in [0.717, 1.165) is 0 Å². The molecule has 0 aromatic rings. The maximum absolute atomic E-state index is 11.7. The fourth-order valence-electron chi connectivity index (χ4n) is 4.56. The average Bonchev–Trinajstić information content (AvgIpc) is 2.49. The lowest BCUT2D eigenvalue weighted by Crippen LogP contribution is -2.67. The van der Waals surface area contributed by atoms with Crippen LogP contribution in [0.3, 0.4) is 0 Å². The van der Waals surface area contributed by atoms with E-state index in [1.54, 1.807) is 6.92 Å². The summed E-state index contributed by atoms with van der Waals surface area (Å²) in [4.78, 5) is 11.7. The van der Waals surface area contributed by atoms with Gasteiger partial charge < -0.3 is 30.3 Å². The van der Waals surface area contributed by atoms with Gasteiger partial charge in [0, 0.05) is 22.8 Å². The van der Waals surface area contributed by atoms with Crippen molar-refractivity contribution in [2.75, 3.05) is 13.7 Å². The van der Waals surface area contributed by atoms with Crippen molar-refractivity contribution in [2.24, 2.45) is 17.3 Å². The number of hydrogen-bond acceptors (Lipinski definition) is 7. The summed E-state index contributed by atoms with van der Waals surface area (Å²) in [5.41, 5.74) is -2.67. The zero-order valence-electron chi connectivity index (χ0n) is 13.5. The van der Waals surface area contributed by atoms with Crippen LogP contribution in [0.5, 0.6) is 0 Å². The van der Waals surface area contributed by atoms with Crippen LogP contribution in [0.25, 0.3) is 0 Å². The Morgan fingerprint density at radius 2 is 1.96 bits per heavy atom. The van der Waals surface area contributed by atoms with E-state index < -0.39 is 53.7 Å². The third kappa shape index (κ3) is 2.70. The van der Waals surface area contributed by atoms with Gasteiger partial charge in [0.15, 0.2) is 0 Å². The number of hydrogen-bond donors (Lipinski definition) is 5. The summed E-state index contributed by atoms with van der Waals surface area (Å²) >= 11 is 0. The lowest BCUT2D eigenvalue weighted by Gasteiger charge is -2.59. The van der Waals surface area contributed by atoms with Crippen LogP contribution in [0.4, 0.5) is 0 Å². The van der Waals surface area contributed by atoms with Gasteiger partial charge in [-0.15, -0.1) is 0 Å².